The number of aliphatic hydroxyl groups excluding tert-OH is 1. The summed E-state index contributed by atoms with van der Waals surface area (Å²) < 4.78 is 17.3. The van der Waals surface area contributed by atoms with Crippen LogP contribution in [0.3, 0.4) is 0 Å². The van der Waals surface area contributed by atoms with Gasteiger partial charge in [0.2, 0.25) is 18.6 Å². The van der Waals surface area contributed by atoms with Gasteiger partial charge in [-0.25, -0.2) is 4.79 Å². The predicted octanol–water partition coefficient (Wildman–Crippen LogP) is 4.91. The van der Waals surface area contributed by atoms with Crippen molar-refractivity contribution in [1.29, 1.82) is 0 Å². The van der Waals surface area contributed by atoms with Crippen LogP contribution in [0.25, 0.3) is 0 Å². The summed E-state index contributed by atoms with van der Waals surface area (Å²) in [6.07, 6.45) is 1.70. The van der Waals surface area contributed by atoms with E-state index in [9.17, 15) is 24.3 Å². The third-order valence-corrected chi connectivity index (χ3v) is 8.93. The Balaban J connectivity index is 1.23. The molecule has 14 heteroatoms. The molecule has 0 unspecified atom stereocenters. The molecule has 5 amide bonds. The molecule has 3 aromatic carbocycles. The van der Waals surface area contributed by atoms with Crippen LogP contribution in [0.1, 0.15) is 56.3 Å². The van der Waals surface area contributed by atoms with Crippen LogP contribution in [0.5, 0.6) is 17.2 Å². The molecular formula is C37H46N6O8. The van der Waals surface area contributed by atoms with E-state index in [1.54, 1.807) is 79.5 Å². The number of nitrogen functional groups attached to an aromatic ring is 1. The van der Waals surface area contributed by atoms with Gasteiger partial charge < -0.3 is 50.8 Å². The molecule has 2 aliphatic rings. The maximum Gasteiger partial charge on any atom is 0.321 e. The lowest BCUT2D eigenvalue weighted by molar-refractivity contribution is -0.116. The van der Waals surface area contributed by atoms with Gasteiger partial charge in [0, 0.05) is 44.1 Å². The number of hydrogen-bond donors (Lipinski definition) is 5. The summed E-state index contributed by atoms with van der Waals surface area (Å²) in [5.74, 6) is 0.321. The van der Waals surface area contributed by atoms with Gasteiger partial charge in [-0.05, 0) is 56.2 Å². The Kier molecular flexibility index (Phi) is 12.2. The summed E-state index contributed by atoms with van der Waals surface area (Å²) in [5, 5.41) is 18.6. The van der Waals surface area contributed by atoms with Crippen molar-refractivity contribution in [3.8, 4) is 17.2 Å². The molecule has 3 aromatic rings. The lowest BCUT2D eigenvalue weighted by atomic mass is 9.99. The number of nitrogens with zero attached hydrogens (tertiary/aromatic N) is 2. The highest BCUT2D eigenvalue weighted by atomic mass is 16.7. The lowest BCUT2D eigenvalue weighted by Gasteiger charge is -2.38. The van der Waals surface area contributed by atoms with Gasteiger partial charge in [-0.1, -0.05) is 31.5 Å². The van der Waals surface area contributed by atoms with Gasteiger partial charge in [0.25, 0.3) is 5.91 Å². The largest absolute Gasteiger partial charge is 0.485 e. The molecule has 5 rings (SSSR count). The summed E-state index contributed by atoms with van der Waals surface area (Å²) in [4.78, 5) is 55.6. The van der Waals surface area contributed by atoms with E-state index in [0.717, 1.165) is 0 Å². The minimum Gasteiger partial charge on any atom is -0.485 e. The van der Waals surface area contributed by atoms with E-state index in [2.05, 4.69) is 16.0 Å². The number of likely N-dealkylation sites (N-methyl/N-ethyl adjacent to an activating group) is 1. The topological polar surface area (TPSA) is 185 Å². The summed E-state index contributed by atoms with van der Waals surface area (Å²) in [6.45, 7) is 3.98. The second kappa shape index (κ2) is 16.9. The Labute approximate surface area is 297 Å². The van der Waals surface area contributed by atoms with Crippen LogP contribution >= 0.6 is 0 Å². The molecule has 0 aliphatic carbocycles. The van der Waals surface area contributed by atoms with Gasteiger partial charge in [-0.2, -0.15) is 0 Å². The fourth-order valence-electron chi connectivity index (χ4n) is 5.89. The monoisotopic (exact) mass is 702 g/mol. The number of nitrogens with one attached hydrogen (secondary N) is 3. The third-order valence-electron chi connectivity index (χ3n) is 8.93. The molecular weight excluding hydrogens is 656 g/mol. The maximum atomic E-state index is 13.8. The number of rotatable bonds is 13. The first-order chi connectivity index (χ1) is 24.5. The molecule has 0 fully saturated rings. The number of benzene rings is 3. The molecule has 3 atom stereocenters. The number of ether oxygens (including phenoxy) is 3. The Morgan fingerprint density at radius 2 is 1.63 bits per heavy atom. The number of para-hydroxylation sites is 3. The summed E-state index contributed by atoms with van der Waals surface area (Å²) in [6, 6.07) is 16.3. The second-order valence-corrected chi connectivity index (χ2v) is 12.9. The Morgan fingerprint density at radius 3 is 2.35 bits per heavy atom. The van der Waals surface area contributed by atoms with Crippen LogP contribution in [0, 0.1) is 5.92 Å². The van der Waals surface area contributed by atoms with Gasteiger partial charge in [0.15, 0.2) is 17.2 Å². The normalized spacial score (nSPS) is 16.9. The minimum absolute atomic E-state index is 0.119. The van der Waals surface area contributed by atoms with Crippen molar-refractivity contribution in [3.05, 3.63) is 66.2 Å². The molecule has 272 valence electrons. The number of nitrogens with two attached hydrogens (primary N) is 1. The molecule has 0 saturated heterocycles. The fourth-order valence-corrected chi connectivity index (χ4v) is 5.89. The number of aliphatic hydroxyl groups is 1. The van der Waals surface area contributed by atoms with Gasteiger partial charge in [0.05, 0.1) is 41.8 Å². The van der Waals surface area contributed by atoms with E-state index in [0.29, 0.717) is 59.9 Å². The fraction of sp³-hybridized carbons (Fsp3) is 0.405. The predicted molar refractivity (Wildman–Crippen MR) is 193 cm³/mol. The van der Waals surface area contributed by atoms with Crippen LogP contribution < -0.4 is 35.9 Å². The number of hydrogen-bond acceptors (Lipinski definition) is 9. The van der Waals surface area contributed by atoms with Crippen molar-refractivity contribution in [1.82, 2.24) is 9.80 Å². The molecule has 14 nitrogen and oxygen atoms in total. The Bertz CT molecular complexity index is 1730. The SMILES string of the molecule is C[C@H]1CN([C@@H](C)CO)C(=O)c2cccc(NC(=O)CCCCCC(=O)Nc3ccccc3N)c2O[C@H]1CN(C)C(=O)Nc1ccc2c(c1)OCO2. The number of carbonyl (C=O) groups excluding carboxylic acids is 4. The van der Waals surface area contributed by atoms with Gasteiger partial charge in [0.1, 0.15) is 6.10 Å². The highest BCUT2D eigenvalue weighted by Gasteiger charge is 2.35. The first kappa shape index (κ1) is 36.8. The number of anilines is 4. The first-order valence-corrected chi connectivity index (χ1v) is 17.1. The minimum atomic E-state index is -0.590. The zero-order chi connectivity index (χ0) is 36.5. The summed E-state index contributed by atoms with van der Waals surface area (Å²) in [5.41, 5.74) is 8.06. The number of fused-ring (bicyclic) bond motifs is 2. The van der Waals surface area contributed by atoms with Gasteiger partial charge in [-0.15, -0.1) is 0 Å². The highest BCUT2D eigenvalue weighted by molar-refractivity contribution is 6.01. The van der Waals surface area contributed by atoms with Gasteiger partial charge in [-0.3, -0.25) is 14.4 Å². The molecule has 0 saturated carbocycles. The van der Waals surface area contributed by atoms with Crippen LogP contribution in [-0.4, -0.2) is 84.3 Å². The zero-order valence-electron chi connectivity index (χ0n) is 29.1. The average Bonchev–Trinajstić information content (AvgIpc) is 3.58. The Hall–Kier alpha value is -5.50. The molecule has 6 N–H and O–H groups in total. The second-order valence-electron chi connectivity index (χ2n) is 12.9. The van der Waals surface area contributed by atoms with Crippen molar-refractivity contribution >= 4 is 46.5 Å². The smallest absolute Gasteiger partial charge is 0.321 e. The van der Waals surface area contributed by atoms with Crippen LogP contribution in [0.2, 0.25) is 0 Å². The molecule has 2 aliphatic heterocycles. The Morgan fingerprint density at radius 1 is 0.941 bits per heavy atom. The molecule has 0 bridgehead atoms. The van der Waals surface area contributed by atoms with Crippen molar-refractivity contribution in [2.45, 2.75) is 58.1 Å². The standard InChI is InChI=1S/C37H46N6O8/c1-23-19-43(24(2)21-44)36(47)26-10-9-13-29(41-34(46)15-6-4-5-14-33(45)40-28-12-8-7-11-27(28)38)35(26)51-32(23)20-42(3)37(48)39-25-16-17-30-31(18-25)50-22-49-30/h7-13,16-18,23-24,32,44H,4-6,14-15,19-22,38H2,1-3H3,(H,39,48)(H,40,45)(H,41,46)/t23-,24-,32-/m0/s1. The quantitative estimate of drug-likeness (QED) is 0.122. The third kappa shape index (κ3) is 9.39. The zero-order valence-corrected chi connectivity index (χ0v) is 29.1. The average molecular weight is 703 g/mol. The van der Waals surface area contributed by atoms with Crippen molar-refractivity contribution in [2.24, 2.45) is 5.92 Å². The number of unbranched alkanes of at least 4 members (excludes halogenated alkanes) is 2. The summed E-state index contributed by atoms with van der Waals surface area (Å²) in [7, 11) is 1.64. The van der Waals surface area contributed by atoms with Crippen LogP contribution in [-0.2, 0) is 9.59 Å². The molecule has 51 heavy (non-hydrogen) atoms. The van der Waals surface area contributed by atoms with Crippen molar-refractivity contribution < 1.29 is 38.5 Å². The van der Waals surface area contributed by atoms with Crippen molar-refractivity contribution in [2.75, 3.05) is 55.2 Å². The molecule has 2 heterocycles. The number of amides is 5. The maximum absolute atomic E-state index is 13.8. The van der Waals surface area contributed by atoms with E-state index >= 15 is 0 Å². The number of carbonyl (C=O) groups is 4. The van der Waals surface area contributed by atoms with Crippen LogP contribution in [0.15, 0.2) is 60.7 Å². The lowest BCUT2D eigenvalue weighted by Crippen LogP contribution is -2.50. The number of urea groups is 1. The molecule has 0 radical (unpaired) electrons. The molecule has 0 aromatic heterocycles. The van der Waals surface area contributed by atoms with Crippen LogP contribution in [0.4, 0.5) is 27.5 Å². The van der Waals surface area contributed by atoms with E-state index in [1.807, 2.05) is 6.92 Å². The highest BCUT2D eigenvalue weighted by Crippen LogP contribution is 2.36. The van der Waals surface area contributed by atoms with E-state index in [-0.39, 0.29) is 73.9 Å². The van der Waals surface area contributed by atoms with Gasteiger partial charge >= 0.3 is 6.03 Å². The van der Waals surface area contributed by atoms with Crippen molar-refractivity contribution in [3.63, 3.8) is 0 Å². The van der Waals surface area contributed by atoms with E-state index < -0.39 is 12.1 Å². The van der Waals surface area contributed by atoms with E-state index in [4.69, 9.17) is 19.9 Å². The van der Waals surface area contributed by atoms with E-state index in [1.165, 1.54) is 4.90 Å². The first-order valence-electron chi connectivity index (χ1n) is 17.1. The molecule has 0 spiro atoms. The summed E-state index contributed by atoms with van der Waals surface area (Å²) >= 11 is 0.